The number of allylic oxidation sites excluding steroid dienone is 1. The Balaban J connectivity index is 1.46. The summed E-state index contributed by atoms with van der Waals surface area (Å²) < 4.78 is 5.79. The molecule has 1 aliphatic heterocycles. The lowest BCUT2D eigenvalue weighted by Gasteiger charge is -2.32. The second-order valence-corrected chi connectivity index (χ2v) is 10.0. The molecule has 2 aromatic carbocycles. The molecule has 0 N–H and O–H groups in total. The van der Waals surface area contributed by atoms with Crippen molar-refractivity contribution in [3.63, 3.8) is 0 Å². The highest BCUT2D eigenvalue weighted by atomic mass is 35.5. The number of carbonyl (C=O) groups excluding carboxylic acids is 2. The lowest BCUT2D eigenvalue weighted by molar-refractivity contribution is -0.141. The number of para-hydroxylation sites is 1. The van der Waals surface area contributed by atoms with E-state index in [0.29, 0.717) is 36.0 Å². The van der Waals surface area contributed by atoms with Crippen molar-refractivity contribution in [3.05, 3.63) is 75.9 Å². The molecule has 5 nitrogen and oxygen atoms in total. The minimum atomic E-state index is -0.830. The average molecular weight is 489 g/mol. The van der Waals surface area contributed by atoms with E-state index >= 15 is 0 Å². The van der Waals surface area contributed by atoms with Crippen LogP contribution in [0.2, 0.25) is 5.02 Å². The number of fused-ring (bicyclic) bond motifs is 2. The van der Waals surface area contributed by atoms with Crippen LogP contribution in [-0.4, -0.2) is 41.0 Å². The number of benzene rings is 2. The Bertz CT molecular complexity index is 1310. The topological polar surface area (TPSA) is 59.5 Å². The Kier molecular flexibility index (Phi) is 6.61. The molecule has 0 radical (unpaired) electrons. The lowest BCUT2D eigenvalue weighted by atomic mass is 9.99. The summed E-state index contributed by atoms with van der Waals surface area (Å²) in [6.07, 6.45) is 4.72. The number of pyridine rings is 1. The molecular formula is C29H29ClN2O3. The largest absolute Gasteiger partial charge is 0.449 e. The Morgan fingerprint density at radius 1 is 1.09 bits per heavy atom. The summed E-state index contributed by atoms with van der Waals surface area (Å²) in [5.74, 6) is 0.0419. The summed E-state index contributed by atoms with van der Waals surface area (Å²) in [4.78, 5) is 33.2. The van der Waals surface area contributed by atoms with Gasteiger partial charge in [-0.3, -0.25) is 4.79 Å². The maximum absolute atomic E-state index is 13.5. The first-order valence-electron chi connectivity index (χ1n) is 12.3. The van der Waals surface area contributed by atoms with Gasteiger partial charge in [-0.25, -0.2) is 9.78 Å². The van der Waals surface area contributed by atoms with E-state index in [-0.39, 0.29) is 5.91 Å². The summed E-state index contributed by atoms with van der Waals surface area (Å²) >= 11 is 6.04. The number of amides is 1. The molecule has 1 atom stereocenters. The smallest absolute Gasteiger partial charge is 0.339 e. The van der Waals surface area contributed by atoms with Crippen molar-refractivity contribution in [2.24, 2.45) is 5.92 Å². The summed E-state index contributed by atoms with van der Waals surface area (Å²) in [6.45, 7) is 5.31. The Morgan fingerprint density at radius 2 is 1.80 bits per heavy atom. The van der Waals surface area contributed by atoms with Crippen LogP contribution in [0.15, 0.2) is 48.5 Å². The van der Waals surface area contributed by atoms with Gasteiger partial charge in [0.2, 0.25) is 0 Å². The second-order valence-electron chi connectivity index (χ2n) is 9.61. The number of esters is 1. The van der Waals surface area contributed by atoms with E-state index in [4.69, 9.17) is 21.3 Å². The molecule has 1 fully saturated rings. The minimum Gasteiger partial charge on any atom is -0.449 e. The van der Waals surface area contributed by atoms with Crippen molar-refractivity contribution in [3.8, 4) is 0 Å². The number of nitrogens with zero attached hydrogens (tertiary/aromatic N) is 2. The number of aromatic nitrogens is 1. The predicted molar refractivity (Wildman–Crippen MR) is 139 cm³/mol. The fourth-order valence-electron chi connectivity index (χ4n) is 5.03. The molecule has 0 bridgehead atoms. The van der Waals surface area contributed by atoms with Gasteiger partial charge in [0.15, 0.2) is 6.10 Å². The molecule has 0 saturated carbocycles. The minimum absolute atomic E-state index is 0.122. The maximum atomic E-state index is 13.5. The van der Waals surface area contributed by atoms with E-state index in [1.807, 2.05) is 53.4 Å². The third-order valence-corrected chi connectivity index (χ3v) is 7.34. The quantitative estimate of drug-likeness (QED) is 0.411. The van der Waals surface area contributed by atoms with Gasteiger partial charge >= 0.3 is 5.97 Å². The van der Waals surface area contributed by atoms with Crippen LogP contribution in [0.5, 0.6) is 0 Å². The summed E-state index contributed by atoms with van der Waals surface area (Å²) in [6, 6.07) is 15.3. The number of halogens is 1. The molecule has 2 aliphatic rings. The SMILES string of the molecule is CC1CCN(C(=O)[C@H](C)OC(=O)c2c3c(nc4ccccc24)/C(=C\c2ccc(Cl)cc2)CC3)CC1. The molecule has 2 heterocycles. The van der Waals surface area contributed by atoms with E-state index in [2.05, 4.69) is 13.0 Å². The predicted octanol–water partition coefficient (Wildman–Crippen LogP) is 6.18. The number of hydrogen-bond donors (Lipinski definition) is 0. The molecule has 1 aliphatic carbocycles. The van der Waals surface area contributed by atoms with Gasteiger partial charge < -0.3 is 9.64 Å². The van der Waals surface area contributed by atoms with Gasteiger partial charge in [-0.05, 0) is 79.5 Å². The highest BCUT2D eigenvalue weighted by Gasteiger charge is 2.31. The third kappa shape index (κ3) is 4.83. The fraction of sp³-hybridized carbons (Fsp3) is 0.345. The van der Waals surface area contributed by atoms with E-state index in [1.54, 1.807) is 6.92 Å². The normalized spacial score (nSPS) is 18.0. The first kappa shape index (κ1) is 23.6. The molecule has 180 valence electrons. The van der Waals surface area contributed by atoms with Crippen molar-refractivity contribution in [1.82, 2.24) is 9.88 Å². The molecular weight excluding hydrogens is 460 g/mol. The van der Waals surface area contributed by atoms with Gasteiger partial charge in [0, 0.05) is 23.5 Å². The highest BCUT2D eigenvalue weighted by Crippen LogP contribution is 2.38. The number of ether oxygens (including phenoxy) is 1. The van der Waals surface area contributed by atoms with Crippen molar-refractivity contribution in [2.45, 2.75) is 45.6 Å². The molecule has 6 heteroatoms. The van der Waals surface area contributed by atoms with Gasteiger partial charge in [-0.15, -0.1) is 0 Å². The number of hydrogen-bond acceptors (Lipinski definition) is 4. The zero-order valence-corrected chi connectivity index (χ0v) is 20.8. The van der Waals surface area contributed by atoms with Crippen LogP contribution in [0.1, 0.15) is 60.3 Å². The first-order chi connectivity index (χ1) is 16.9. The molecule has 1 aromatic heterocycles. The van der Waals surface area contributed by atoms with Crippen LogP contribution in [0.3, 0.4) is 0 Å². The molecule has 5 rings (SSSR count). The van der Waals surface area contributed by atoms with Crippen molar-refractivity contribution in [1.29, 1.82) is 0 Å². The highest BCUT2D eigenvalue weighted by molar-refractivity contribution is 6.30. The molecule has 0 spiro atoms. The number of rotatable bonds is 4. The molecule has 35 heavy (non-hydrogen) atoms. The van der Waals surface area contributed by atoms with Crippen LogP contribution in [0, 0.1) is 5.92 Å². The van der Waals surface area contributed by atoms with Crippen LogP contribution in [0.4, 0.5) is 0 Å². The molecule has 1 saturated heterocycles. The van der Waals surface area contributed by atoms with Crippen LogP contribution >= 0.6 is 11.6 Å². The average Bonchev–Trinajstić information content (AvgIpc) is 3.25. The third-order valence-electron chi connectivity index (χ3n) is 7.08. The number of likely N-dealkylation sites (tertiary alicyclic amines) is 1. The van der Waals surface area contributed by atoms with Gasteiger partial charge in [0.1, 0.15) is 0 Å². The van der Waals surface area contributed by atoms with Crippen LogP contribution in [0.25, 0.3) is 22.6 Å². The first-order valence-corrected chi connectivity index (χ1v) is 12.7. The van der Waals surface area contributed by atoms with Gasteiger partial charge in [0.25, 0.3) is 5.91 Å². The Morgan fingerprint density at radius 3 is 2.54 bits per heavy atom. The molecule has 1 amide bonds. The van der Waals surface area contributed by atoms with Crippen molar-refractivity contribution >= 4 is 46.0 Å². The van der Waals surface area contributed by atoms with Crippen molar-refractivity contribution in [2.75, 3.05) is 13.1 Å². The number of carbonyl (C=O) groups is 2. The van der Waals surface area contributed by atoms with Crippen LogP contribution < -0.4 is 0 Å². The van der Waals surface area contributed by atoms with E-state index in [9.17, 15) is 9.59 Å². The zero-order valence-electron chi connectivity index (χ0n) is 20.1. The van der Waals surface area contributed by atoms with E-state index in [0.717, 1.165) is 52.6 Å². The summed E-state index contributed by atoms with van der Waals surface area (Å²) in [5, 5.41) is 1.45. The second kappa shape index (κ2) is 9.82. The monoisotopic (exact) mass is 488 g/mol. The number of piperidine rings is 1. The molecule has 0 unspecified atom stereocenters. The van der Waals surface area contributed by atoms with Gasteiger partial charge in [-0.1, -0.05) is 48.9 Å². The van der Waals surface area contributed by atoms with Crippen LogP contribution in [-0.2, 0) is 16.0 Å². The Hall–Kier alpha value is -3.18. The summed E-state index contributed by atoms with van der Waals surface area (Å²) in [7, 11) is 0. The summed E-state index contributed by atoms with van der Waals surface area (Å²) in [5.41, 5.74) is 5.10. The fourth-order valence-corrected chi connectivity index (χ4v) is 5.15. The zero-order chi connectivity index (χ0) is 24.5. The molecule has 3 aromatic rings. The van der Waals surface area contributed by atoms with Gasteiger partial charge in [-0.2, -0.15) is 0 Å². The van der Waals surface area contributed by atoms with Gasteiger partial charge in [0.05, 0.1) is 16.8 Å². The van der Waals surface area contributed by atoms with E-state index < -0.39 is 12.1 Å². The Labute approximate surface area is 210 Å². The maximum Gasteiger partial charge on any atom is 0.339 e. The lowest BCUT2D eigenvalue weighted by Crippen LogP contribution is -2.44. The van der Waals surface area contributed by atoms with Crippen molar-refractivity contribution < 1.29 is 14.3 Å². The van der Waals surface area contributed by atoms with E-state index in [1.165, 1.54) is 0 Å². The standard InChI is InChI=1S/C29H29ClN2O3/c1-18-13-15-32(16-14-18)28(33)19(2)35-29(34)26-23-5-3-4-6-25(23)31-27-21(9-12-24(26)27)17-20-7-10-22(30)11-8-20/h3-8,10-11,17-19H,9,12-16H2,1-2H3/b21-17-/t19-/m0/s1.